The second-order valence-electron chi connectivity index (χ2n) is 3.05. The van der Waals surface area contributed by atoms with Crippen LogP contribution in [0.1, 0.15) is 12.0 Å². The Labute approximate surface area is 103 Å². The van der Waals surface area contributed by atoms with Crippen LogP contribution in [-0.2, 0) is 9.13 Å². The van der Waals surface area contributed by atoms with Gasteiger partial charge in [-0.25, -0.2) is 0 Å². The molecule has 0 saturated carbocycles. The third kappa shape index (κ3) is 3.26. The minimum absolute atomic E-state index is 0.288. The van der Waals surface area contributed by atoms with E-state index in [1.807, 2.05) is 6.07 Å². The van der Waals surface area contributed by atoms with Crippen LogP contribution in [0, 0.1) is 0 Å². The quantitative estimate of drug-likeness (QED) is 0.849. The van der Waals surface area contributed by atoms with Gasteiger partial charge in [0.15, 0.2) is 4.33 Å². The van der Waals surface area contributed by atoms with Crippen LogP contribution in [0.25, 0.3) is 0 Å². The lowest BCUT2D eigenvalue weighted by Gasteiger charge is -2.24. The van der Waals surface area contributed by atoms with Crippen molar-refractivity contribution in [1.82, 2.24) is 0 Å². The van der Waals surface area contributed by atoms with Gasteiger partial charge in [0.2, 0.25) is 0 Å². The Kier molecular flexibility index (Phi) is 4.26. The Hall–Kier alpha value is -0.440. The van der Waals surface area contributed by atoms with Gasteiger partial charge < -0.3 is 5.11 Å². The molecule has 0 radical (unpaired) electrons. The molecule has 1 aromatic carbocycles. The normalized spacial score (nSPS) is 13.5. The van der Waals surface area contributed by atoms with Gasteiger partial charge in [0.05, 0.1) is 11.8 Å². The topological polar surface area (TPSA) is 37.3 Å². The Bertz CT molecular complexity index is 338. The number of hydrogen-bond donors (Lipinski definition) is 1. The second kappa shape index (κ2) is 5.06. The number of benzene rings is 1. The molecule has 1 atom stereocenters. The van der Waals surface area contributed by atoms with Crippen LogP contribution in [0.3, 0.4) is 0 Å². The van der Waals surface area contributed by atoms with Crippen LogP contribution >= 0.6 is 34.8 Å². The van der Waals surface area contributed by atoms with E-state index in [0.29, 0.717) is 5.56 Å². The molecular weight excluding hydrogens is 258 g/mol. The molecule has 0 amide bonds. The molecule has 1 N–H and O–H groups in total. The molecular formula is C10H9Cl3O2. The number of rotatable bonds is 4. The predicted octanol–water partition coefficient (Wildman–Crippen LogP) is 3.40. The summed E-state index contributed by atoms with van der Waals surface area (Å²) in [6, 6.07) is 8.75. The largest absolute Gasteiger partial charge is 0.481 e. The van der Waals surface area contributed by atoms with Gasteiger partial charge >= 0.3 is 5.97 Å². The van der Waals surface area contributed by atoms with Gasteiger partial charge in [0.1, 0.15) is 0 Å². The summed E-state index contributed by atoms with van der Waals surface area (Å²) >= 11 is 17.9. The van der Waals surface area contributed by atoms with Crippen molar-refractivity contribution in [3.8, 4) is 0 Å². The summed E-state index contributed by atoms with van der Waals surface area (Å²) < 4.78 is -1.39. The van der Waals surface area contributed by atoms with E-state index < -0.39 is 15.7 Å². The molecule has 0 aromatic heterocycles. The first-order valence-electron chi connectivity index (χ1n) is 4.24. The maximum Gasteiger partial charge on any atom is 0.304 e. The highest BCUT2D eigenvalue weighted by atomic mass is 35.5. The van der Waals surface area contributed by atoms with E-state index >= 15 is 0 Å². The fraction of sp³-hybridized carbons (Fsp3) is 0.300. The van der Waals surface area contributed by atoms with Crippen molar-refractivity contribution in [3.05, 3.63) is 35.9 Å². The number of aliphatic carboxylic acids is 1. The fourth-order valence-electron chi connectivity index (χ4n) is 1.12. The summed E-state index contributed by atoms with van der Waals surface area (Å²) in [5, 5.41) is 7.72. The Balaban J connectivity index is 2.87. The maximum absolute atomic E-state index is 10.5. The van der Waals surface area contributed by atoms with Crippen LogP contribution in [0.4, 0.5) is 0 Å². The molecule has 0 heterocycles. The first-order valence-corrected chi connectivity index (χ1v) is 5.43. The van der Waals surface area contributed by atoms with E-state index in [2.05, 4.69) is 0 Å². The van der Waals surface area contributed by atoms with Crippen molar-refractivity contribution in [1.29, 1.82) is 0 Å². The summed E-state index contributed by atoms with van der Waals surface area (Å²) in [4.78, 5) is 10.5. The van der Waals surface area contributed by atoms with E-state index in [1.165, 1.54) is 0 Å². The average molecular weight is 268 g/mol. The molecule has 0 aliphatic rings. The molecule has 82 valence electrons. The minimum atomic E-state index is -1.39. The number of carboxylic acids is 1. The summed E-state index contributed by atoms with van der Waals surface area (Å²) in [5.41, 5.74) is 0.592. The molecule has 5 heteroatoms. The smallest absolute Gasteiger partial charge is 0.304 e. The van der Waals surface area contributed by atoms with Crippen LogP contribution in [0.5, 0.6) is 0 Å². The van der Waals surface area contributed by atoms with Gasteiger partial charge in [-0.1, -0.05) is 53.5 Å². The fourth-order valence-corrected chi connectivity index (χ4v) is 1.79. The highest BCUT2D eigenvalue weighted by Crippen LogP contribution is 2.41. The Morgan fingerprint density at radius 2 is 1.87 bits per heavy atom. The van der Waals surface area contributed by atoms with Crippen molar-refractivity contribution in [3.63, 3.8) is 0 Å². The number of halogens is 3. The van der Waals surface area contributed by atoms with Crippen molar-refractivity contribution >= 4 is 40.8 Å². The van der Waals surface area contributed by atoms with Gasteiger partial charge in [0, 0.05) is 0 Å². The van der Waals surface area contributed by atoms with Crippen molar-refractivity contribution in [2.45, 2.75) is 16.1 Å². The van der Waals surface area contributed by atoms with E-state index in [1.54, 1.807) is 24.3 Å². The zero-order chi connectivity index (χ0) is 11.5. The monoisotopic (exact) mass is 266 g/mol. The summed E-state index contributed by atoms with van der Waals surface area (Å²) in [6.07, 6.45) is -0.288. The predicted molar refractivity (Wildman–Crippen MR) is 61.7 cm³/mol. The molecule has 1 unspecified atom stereocenters. The van der Waals surface area contributed by atoms with E-state index in [0.717, 1.165) is 0 Å². The zero-order valence-corrected chi connectivity index (χ0v) is 9.93. The SMILES string of the molecule is O=C(O)CC(Cl)C(Cl)(Cl)c1ccccc1. The number of hydrogen-bond acceptors (Lipinski definition) is 1. The summed E-state index contributed by atoms with van der Waals surface area (Å²) in [5.74, 6) is -1.03. The molecule has 0 aliphatic heterocycles. The molecule has 15 heavy (non-hydrogen) atoms. The highest BCUT2D eigenvalue weighted by molar-refractivity contribution is 6.52. The lowest BCUT2D eigenvalue weighted by molar-refractivity contribution is -0.137. The lowest BCUT2D eigenvalue weighted by Crippen LogP contribution is -2.26. The first kappa shape index (κ1) is 12.6. The van der Waals surface area contributed by atoms with Gasteiger partial charge in [-0.2, -0.15) is 0 Å². The maximum atomic E-state index is 10.5. The highest BCUT2D eigenvalue weighted by Gasteiger charge is 2.36. The number of carboxylic acid groups (broad SMARTS) is 1. The van der Waals surface area contributed by atoms with Crippen molar-refractivity contribution in [2.24, 2.45) is 0 Å². The molecule has 1 aromatic rings. The molecule has 2 nitrogen and oxygen atoms in total. The van der Waals surface area contributed by atoms with Gasteiger partial charge in [-0.15, -0.1) is 11.6 Å². The van der Waals surface area contributed by atoms with Crippen LogP contribution in [-0.4, -0.2) is 16.5 Å². The van der Waals surface area contributed by atoms with Gasteiger partial charge in [0.25, 0.3) is 0 Å². The van der Waals surface area contributed by atoms with Crippen LogP contribution in [0.15, 0.2) is 30.3 Å². The molecule has 1 rings (SSSR count). The first-order chi connectivity index (χ1) is 6.94. The molecule has 0 fully saturated rings. The third-order valence-corrected chi connectivity index (χ3v) is 3.57. The number of alkyl halides is 3. The zero-order valence-electron chi connectivity index (χ0n) is 7.66. The van der Waals surface area contributed by atoms with E-state index in [9.17, 15) is 4.79 Å². The Morgan fingerprint density at radius 3 is 2.33 bits per heavy atom. The average Bonchev–Trinajstić information content (AvgIpc) is 2.18. The lowest BCUT2D eigenvalue weighted by atomic mass is 10.1. The van der Waals surface area contributed by atoms with E-state index in [-0.39, 0.29) is 6.42 Å². The van der Waals surface area contributed by atoms with Crippen LogP contribution < -0.4 is 0 Å². The summed E-state index contributed by atoms with van der Waals surface area (Å²) in [6.45, 7) is 0. The van der Waals surface area contributed by atoms with Crippen LogP contribution in [0.2, 0.25) is 0 Å². The van der Waals surface area contributed by atoms with Gasteiger partial charge in [-0.3, -0.25) is 4.79 Å². The number of carbonyl (C=O) groups is 1. The minimum Gasteiger partial charge on any atom is -0.481 e. The molecule has 0 aliphatic carbocycles. The van der Waals surface area contributed by atoms with Crippen molar-refractivity contribution < 1.29 is 9.90 Å². The standard InChI is InChI=1S/C10H9Cl3O2/c11-8(6-9(14)15)10(12,13)7-4-2-1-3-5-7/h1-5,8H,6H2,(H,14,15). The Morgan fingerprint density at radius 1 is 1.33 bits per heavy atom. The third-order valence-electron chi connectivity index (χ3n) is 1.91. The summed E-state index contributed by atoms with van der Waals surface area (Å²) in [7, 11) is 0. The van der Waals surface area contributed by atoms with Crippen molar-refractivity contribution in [2.75, 3.05) is 0 Å². The molecule has 0 spiro atoms. The molecule has 0 bridgehead atoms. The van der Waals surface area contributed by atoms with Gasteiger partial charge in [-0.05, 0) is 5.56 Å². The second-order valence-corrected chi connectivity index (χ2v) is 4.97. The molecule has 0 saturated heterocycles. The van der Waals surface area contributed by atoms with E-state index in [4.69, 9.17) is 39.9 Å².